The fraction of sp³-hybridized carbons (Fsp3) is 0.786. The highest BCUT2D eigenvalue weighted by molar-refractivity contribution is 5.94. The highest BCUT2D eigenvalue weighted by atomic mass is 16.6. The molecule has 1 aromatic rings. The minimum Gasteiger partial charge on any atom is -0.444 e. The first kappa shape index (κ1) is 19.8. The molecule has 0 aliphatic carbocycles. The minimum atomic E-state index is -0.652. The second-order valence-corrected chi connectivity index (χ2v) is 6.51. The van der Waals surface area contributed by atoms with Crippen molar-refractivity contribution in [3.8, 4) is 0 Å². The number of carbonyl (C=O) groups excluding carboxylic acids is 2. The van der Waals surface area contributed by atoms with E-state index in [1.807, 2.05) is 0 Å². The normalized spacial score (nSPS) is 12.6. The summed E-state index contributed by atoms with van der Waals surface area (Å²) in [6.07, 6.45) is 1.45. The molecule has 1 atom stereocenters. The number of likely N-dealkylation sites (N-methyl/N-ethyl adjacent to an activating group) is 1. The predicted octanol–water partition coefficient (Wildman–Crippen LogP) is 0.195. The third kappa shape index (κ3) is 6.90. The van der Waals surface area contributed by atoms with Crippen molar-refractivity contribution in [2.45, 2.75) is 51.7 Å². The van der Waals surface area contributed by atoms with Gasteiger partial charge in [-0.3, -0.25) is 9.69 Å². The molecule has 136 valence electrons. The summed E-state index contributed by atoms with van der Waals surface area (Å²) < 4.78 is 5.13. The van der Waals surface area contributed by atoms with Gasteiger partial charge in [0.1, 0.15) is 5.60 Å². The molecule has 0 saturated carbocycles. The van der Waals surface area contributed by atoms with Gasteiger partial charge in [-0.1, -0.05) is 5.10 Å². The van der Waals surface area contributed by atoms with Crippen LogP contribution in [0, 0.1) is 0 Å². The number of unbranched alkanes of at least 4 members (excludes halogenated alkanes) is 1. The third-order valence-corrected chi connectivity index (χ3v) is 3.06. The van der Waals surface area contributed by atoms with E-state index in [0.29, 0.717) is 25.8 Å². The SMILES string of the molecule is CN(C(=O)[C@@H](N)CCCCNC(=O)OC(C)(C)C)c1nnn(C)n1. The van der Waals surface area contributed by atoms with Gasteiger partial charge in [0, 0.05) is 13.6 Å². The number of alkyl carbamates (subject to hydrolysis) is 1. The Bertz CT molecular complexity index is 553. The van der Waals surface area contributed by atoms with Gasteiger partial charge in [0.05, 0.1) is 13.1 Å². The van der Waals surface area contributed by atoms with Crippen LogP contribution in [0.25, 0.3) is 0 Å². The Kier molecular flexibility index (Phi) is 7.08. The summed E-state index contributed by atoms with van der Waals surface area (Å²) in [4.78, 5) is 26.2. The average molecular weight is 341 g/mol. The number of hydrogen-bond donors (Lipinski definition) is 2. The van der Waals surface area contributed by atoms with E-state index in [1.54, 1.807) is 34.9 Å². The summed E-state index contributed by atoms with van der Waals surface area (Å²) in [6, 6.07) is -0.652. The quantitative estimate of drug-likeness (QED) is 0.678. The van der Waals surface area contributed by atoms with E-state index in [9.17, 15) is 9.59 Å². The van der Waals surface area contributed by atoms with Gasteiger partial charge in [-0.25, -0.2) is 4.79 Å². The van der Waals surface area contributed by atoms with Gasteiger partial charge in [0.15, 0.2) is 0 Å². The first-order valence-corrected chi connectivity index (χ1v) is 7.84. The Morgan fingerprint density at radius 3 is 2.58 bits per heavy atom. The van der Waals surface area contributed by atoms with Gasteiger partial charge in [0.25, 0.3) is 5.95 Å². The molecule has 2 amide bonds. The standard InChI is InChI=1S/C14H27N7O3/c1-14(2,3)24-13(23)16-9-7-6-8-10(15)11(22)20(4)12-17-19-21(5)18-12/h10H,6-9,15H2,1-5H3,(H,16,23)/t10-/m0/s1. The number of ether oxygens (including phenoxy) is 1. The van der Waals surface area contributed by atoms with Crippen molar-refractivity contribution in [2.75, 3.05) is 18.5 Å². The molecular formula is C14H27N7O3. The lowest BCUT2D eigenvalue weighted by molar-refractivity contribution is -0.119. The highest BCUT2D eigenvalue weighted by Crippen LogP contribution is 2.08. The maximum atomic E-state index is 12.2. The minimum absolute atomic E-state index is 0.213. The Morgan fingerprint density at radius 2 is 2.04 bits per heavy atom. The van der Waals surface area contributed by atoms with E-state index in [4.69, 9.17) is 10.5 Å². The zero-order valence-electron chi connectivity index (χ0n) is 14.9. The molecule has 0 spiro atoms. The number of carbonyl (C=O) groups is 2. The Balaban J connectivity index is 2.25. The summed E-state index contributed by atoms with van der Waals surface area (Å²) in [7, 11) is 3.18. The van der Waals surface area contributed by atoms with Gasteiger partial charge < -0.3 is 15.8 Å². The van der Waals surface area contributed by atoms with E-state index >= 15 is 0 Å². The van der Waals surface area contributed by atoms with Crippen molar-refractivity contribution < 1.29 is 14.3 Å². The molecule has 3 N–H and O–H groups in total. The number of tetrazole rings is 1. The number of nitrogens with zero attached hydrogens (tertiary/aromatic N) is 5. The van der Waals surface area contributed by atoms with Crippen molar-refractivity contribution in [3.05, 3.63) is 0 Å². The Labute approximate surface area is 141 Å². The zero-order chi connectivity index (χ0) is 18.3. The molecular weight excluding hydrogens is 314 g/mol. The van der Waals surface area contributed by atoms with Gasteiger partial charge in [-0.2, -0.15) is 4.80 Å². The highest BCUT2D eigenvalue weighted by Gasteiger charge is 2.22. The van der Waals surface area contributed by atoms with Crippen LogP contribution in [0.5, 0.6) is 0 Å². The van der Waals surface area contributed by atoms with Crippen LogP contribution in [0.3, 0.4) is 0 Å². The van der Waals surface area contributed by atoms with Crippen LogP contribution >= 0.6 is 0 Å². The van der Waals surface area contributed by atoms with Gasteiger partial charge in [0.2, 0.25) is 5.91 Å². The molecule has 1 aromatic heterocycles. The number of hydrogen-bond acceptors (Lipinski definition) is 7. The number of aryl methyl sites for hydroxylation is 1. The van der Waals surface area contributed by atoms with Crippen LogP contribution in [-0.4, -0.2) is 57.4 Å². The lowest BCUT2D eigenvalue weighted by Gasteiger charge is -2.20. The van der Waals surface area contributed by atoms with Crippen molar-refractivity contribution in [3.63, 3.8) is 0 Å². The molecule has 0 saturated heterocycles. The summed E-state index contributed by atoms with van der Waals surface area (Å²) in [5, 5.41) is 14.1. The molecule has 10 heteroatoms. The summed E-state index contributed by atoms with van der Waals surface area (Å²) in [6.45, 7) is 5.89. The Hall–Kier alpha value is -2.23. The predicted molar refractivity (Wildman–Crippen MR) is 88.3 cm³/mol. The second kappa shape index (κ2) is 8.57. The van der Waals surface area contributed by atoms with Gasteiger partial charge in [-0.15, -0.1) is 5.10 Å². The van der Waals surface area contributed by atoms with E-state index in [-0.39, 0.29) is 11.9 Å². The molecule has 10 nitrogen and oxygen atoms in total. The maximum Gasteiger partial charge on any atom is 0.407 e. The topological polar surface area (TPSA) is 128 Å². The molecule has 1 rings (SSSR count). The third-order valence-electron chi connectivity index (χ3n) is 3.06. The van der Waals surface area contributed by atoms with Crippen molar-refractivity contribution in [1.29, 1.82) is 0 Å². The van der Waals surface area contributed by atoms with Gasteiger partial charge in [-0.05, 0) is 45.2 Å². The smallest absolute Gasteiger partial charge is 0.407 e. The van der Waals surface area contributed by atoms with E-state index in [2.05, 4.69) is 20.7 Å². The first-order chi connectivity index (χ1) is 11.1. The number of amides is 2. The van der Waals surface area contributed by atoms with Crippen LogP contribution in [0.15, 0.2) is 0 Å². The summed E-state index contributed by atoms with van der Waals surface area (Å²) in [5.41, 5.74) is 5.39. The largest absolute Gasteiger partial charge is 0.444 e. The van der Waals surface area contributed by atoms with Crippen LogP contribution in [0.2, 0.25) is 0 Å². The van der Waals surface area contributed by atoms with E-state index in [0.717, 1.165) is 0 Å². The second-order valence-electron chi connectivity index (χ2n) is 6.51. The van der Waals surface area contributed by atoms with Crippen LogP contribution in [0.4, 0.5) is 10.7 Å². The maximum absolute atomic E-state index is 12.2. The fourth-order valence-electron chi connectivity index (χ4n) is 1.87. The Morgan fingerprint density at radius 1 is 1.38 bits per heavy atom. The van der Waals surface area contributed by atoms with Gasteiger partial charge >= 0.3 is 6.09 Å². The molecule has 0 bridgehead atoms. The van der Waals surface area contributed by atoms with Crippen LogP contribution < -0.4 is 16.0 Å². The molecule has 0 aliphatic rings. The molecule has 1 heterocycles. The van der Waals surface area contributed by atoms with Crippen molar-refractivity contribution >= 4 is 17.9 Å². The van der Waals surface area contributed by atoms with Crippen LogP contribution in [-0.2, 0) is 16.6 Å². The average Bonchev–Trinajstić information content (AvgIpc) is 2.89. The lowest BCUT2D eigenvalue weighted by Crippen LogP contribution is -2.42. The first-order valence-electron chi connectivity index (χ1n) is 7.84. The lowest BCUT2D eigenvalue weighted by atomic mass is 10.1. The molecule has 0 unspecified atom stereocenters. The summed E-state index contributed by atoms with van der Waals surface area (Å²) >= 11 is 0. The monoisotopic (exact) mass is 341 g/mol. The number of rotatable bonds is 7. The number of nitrogens with one attached hydrogen (secondary N) is 1. The number of anilines is 1. The van der Waals surface area contributed by atoms with E-state index in [1.165, 1.54) is 9.70 Å². The molecule has 0 radical (unpaired) electrons. The number of nitrogens with two attached hydrogens (primary N) is 1. The molecule has 0 aliphatic heterocycles. The molecule has 0 fully saturated rings. The molecule has 24 heavy (non-hydrogen) atoms. The zero-order valence-corrected chi connectivity index (χ0v) is 14.9. The van der Waals surface area contributed by atoms with Crippen molar-refractivity contribution in [2.24, 2.45) is 12.8 Å². The van der Waals surface area contributed by atoms with Crippen molar-refractivity contribution in [1.82, 2.24) is 25.5 Å². The molecule has 0 aromatic carbocycles. The fourth-order valence-corrected chi connectivity index (χ4v) is 1.87. The van der Waals surface area contributed by atoms with E-state index < -0.39 is 17.7 Å². The number of aromatic nitrogens is 4. The summed E-state index contributed by atoms with van der Waals surface area (Å²) in [5.74, 6) is -0.0624. The van der Waals surface area contributed by atoms with Crippen LogP contribution in [0.1, 0.15) is 40.0 Å².